The number of thiazole rings is 1. The third-order valence-corrected chi connectivity index (χ3v) is 14.0. The summed E-state index contributed by atoms with van der Waals surface area (Å²) in [5, 5.41) is 0.551. The van der Waals surface area contributed by atoms with E-state index in [-0.39, 0.29) is 50.0 Å². The van der Waals surface area contributed by atoms with Gasteiger partial charge in [0.05, 0.1) is 64.1 Å². The van der Waals surface area contributed by atoms with Crippen LogP contribution in [0.15, 0.2) is 69.4 Å². The molecule has 0 radical (unpaired) electrons. The molecule has 308 valence electrons. The minimum Gasteiger partial charge on any atom is -0.491 e. The predicted molar refractivity (Wildman–Crippen MR) is 234 cm³/mol. The fourth-order valence-corrected chi connectivity index (χ4v) is 10.5. The Kier molecular flexibility index (Phi) is 12.7. The number of aromatic nitrogens is 4. The number of benzene rings is 3. The van der Waals surface area contributed by atoms with E-state index in [4.69, 9.17) is 24.4 Å². The number of hydrogen-bond donors (Lipinski definition) is 1. The van der Waals surface area contributed by atoms with E-state index >= 15 is 0 Å². The van der Waals surface area contributed by atoms with Crippen molar-refractivity contribution in [3.8, 4) is 16.2 Å². The highest BCUT2D eigenvalue weighted by atomic mass is 79.9. The van der Waals surface area contributed by atoms with Crippen LogP contribution in [0.3, 0.4) is 0 Å². The normalized spacial score (nSPS) is 16.6. The Labute approximate surface area is 351 Å². The second-order valence-corrected chi connectivity index (χ2v) is 19.0. The highest BCUT2D eigenvalue weighted by Gasteiger charge is 2.29. The summed E-state index contributed by atoms with van der Waals surface area (Å²) in [6, 6.07) is 19.1. The Hall–Kier alpha value is -3.70. The van der Waals surface area contributed by atoms with Gasteiger partial charge in [0.15, 0.2) is 0 Å². The molecule has 2 aliphatic rings. The Balaban J connectivity index is 1.01. The first-order chi connectivity index (χ1) is 28.1. The molecule has 0 bridgehead atoms. The highest BCUT2D eigenvalue weighted by Crippen LogP contribution is 2.42. The zero-order valence-corrected chi connectivity index (χ0v) is 36.3. The maximum atomic E-state index is 13.6. The molecule has 3 aromatic carbocycles. The van der Waals surface area contributed by atoms with Gasteiger partial charge in [-0.25, -0.2) is 4.98 Å². The Morgan fingerprint density at radius 2 is 1.72 bits per heavy atom. The molecule has 2 N–H and O–H groups in total. The van der Waals surface area contributed by atoms with Crippen molar-refractivity contribution in [1.82, 2.24) is 23.8 Å². The van der Waals surface area contributed by atoms with Gasteiger partial charge >= 0.3 is 0 Å². The lowest BCUT2D eigenvalue weighted by Gasteiger charge is -2.33. The van der Waals surface area contributed by atoms with Crippen LogP contribution in [0.4, 0.5) is 0 Å². The monoisotopic (exact) mass is 890 g/mol. The molecule has 8 rings (SSSR count). The van der Waals surface area contributed by atoms with Gasteiger partial charge < -0.3 is 24.7 Å². The summed E-state index contributed by atoms with van der Waals surface area (Å²) in [5.74, 6) is 1.72. The molecule has 1 aliphatic heterocycles. The molecule has 0 unspecified atom stereocenters. The van der Waals surface area contributed by atoms with Crippen LogP contribution >= 0.6 is 27.3 Å². The molecular formula is C43H51BrN6O6S2. The summed E-state index contributed by atoms with van der Waals surface area (Å²) in [7, 11) is -3.53. The third-order valence-electron chi connectivity index (χ3n) is 11.7. The molecule has 1 atom stereocenters. The van der Waals surface area contributed by atoms with E-state index in [9.17, 15) is 13.2 Å². The summed E-state index contributed by atoms with van der Waals surface area (Å²) >= 11 is 5.28. The second kappa shape index (κ2) is 17.9. The van der Waals surface area contributed by atoms with Crippen LogP contribution in [0.25, 0.3) is 38.2 Å². The maximum Gasteiger partial charge on any atom is 0.283 e. The molecule has 12 nitrogen and oxygen atoms in total. The van der Waals surface area contributed by atoms with E-state index < -0.39 is 10.1 Å². The summed E-state index contributed by atoms with van der Waals surface area (Å²) in [5.41, 5.74) is 15.7. The number of aryl methyl sites for hydroxylation is 1. The number of nitrogens with two attached hydrogens (primary N) is 1. The van der Waals surface area contributed by atoms with E-state index in [1.165, 1.54) is 10.4 Å². The van der Waals surface area contributed by atoms with Crippen molar-refractivity contribution in [3.05, 3.63) is 91.8 Å². The average molecular weight is 892 g/mol. The second-order valence-electron chi connectivity index (χ2n) is 15.6. The van der Waals surface area contributed by atoms with Crippen molar-refractivity contribution in [3.63, 3.8) is 0 Å². The number of imidazole rings is 1. The van der Waals surface area contributed by atoms with Gasteiger partial charge in [-0.3, -0.25) is 13.4 Å². The fourth-order valence-electron chi connectivity index (χ4n) is 8.82. The van der Waals surface area contributed by atoms with E-state index in [2.05, 4.69) is 71.2 Å². The largest absolute Gasteiger partial charge is 0.491 e. The van der Waals surface area contributed by atoms with Gasteiger partial charge in [0, 0.05) is 22.6 Å². The van der Waals surface area contributed by atoms with Crippen LogP contribution in [-0.2, 0) is 19.0 Å². The molecular weight excluding hydrogens is 841 g/mol. The number of piperidine rings is 1. The quantitative estimate of drug-likeness (QED) is 0.0748. The fraction of sp³-hybridized carbons (Fsp3) is 0.465. The minimum atomic E-state index is -3.53. The number of hydrogen-bond acceptors (Lipinski definition) is 11. The Morgan fingerprint density at radius 1 is 0.966 bits per heavy atom. The number of fused-ring (bicyclic) bond motifs is 5. The van der Waals surface area contributed by atoms with Gasteiger partial charge in [-0.1, -0.05) is 43.2 Å². The number of nitrogens with zero attached hydrogens (tertiary/aromatic N) is 5. The molecule has 0 spiro atoms. The Bertz CT molecular complexity index is 2560. The van der Waals surface area contributed by atoms with Gasteiger partial charge in [-0.05, 0) is 122 Å². The van der Waals surface area contributed by atoms with Crippen LogP contribution in [0.1, 0.15) is 86.2 Å². The SMILES string of the molecule is Cc1ncsc1-c1ccc([C@@H](N)CCCN2CCC(c3cc4c(cc3OCCOCCOS(C)(=O)=O)n3c5cccc(Br)c5c(=O)nc3n4C3CCCC3)CC2)cc1. The molecule has 3 aromatic heterocycles. The third kappa shape index (κ3) is 8.91. The van der Waals surface area contributed by atoms with Crippen molar-refractivity contribution in [2.45, 2.75) is 76.3 Å². The van der Waals surface area contributed by atoms with Gasteiger partial charge in [-0.15, -0.1) is 11.3 Å². The highest BCUT2D eigenvalue weighted by molar-refractivity contribution is 9.10. The lowest BCUT2D eigenvalue weighted by Crippen LogP contribution is -2.34. The summed E-state index contributed by atoms with van der Waals surface area (Å²) in [6.07, 6.45) is 9.32. The standard InChI is InChI=1S/C43H51BrN6O6S2/c1-28-41(57-27-46-28)31-14-12-30(13-15-31)35(45)10-6-18-48-19-16-29(17-20-48)33-25-37-38(26-39(33)55-23-21-54-22-24-56-58(2,52)53)50-36-11-5-9-34(44)40(36)42(51)47-43(50)49(37)32-7-3-4-8-32/h5,9,11-15,25-27,29,32,35H,3-4,6-8,10,16-24,45H2,1-2H3/t35-/m0/s1. The number of rotatable bonds is 16. The summed E-state index contributed by atoms with van der Waals surface area (Å²) < 4.78 is 44.9. The average Bonchev–Trinajstić information content (AvgIpc) is 3.96. The lowest BCUT2D eigenvalue weighted by molar-refractivity contribution is 0.0776. The van der Waals surface area contributed by atoms with Gasteiger partial charge in [0.25, 0.3) is 15.7 Å². The van der Waals surface area contributed by atoms with Crippen molar-refractivity contribution < 1.29 is 22.1 Å². The first-order valence-corrected chi connectivity index (χ1v) is 23.8. The molecule has 4 heterocycles. The van der Waals surface area contributed by atoms with E-state index in [1.807, 2.05) is 30.6 Å². The molecule has 2 fully saturated rings. The van der Waals surface area contributed by atoms with E-state index in [0.717, 1.165) is 116 Å². The van der Waals surface area contributed by atoms with Crippen LogP contribution in [0, 0.1) is 6.92 Å². The first kappa shape index (κ1) is 41.1. The van der Waals surface area contributed by atoms with Gasteiger partial charge in [0.1, 0.15) is 12.4 Å². The predicted octanol–water partition coefficient (Wildman–Crippen LogP) is 8.14. The van der Waals surface area contributed by atoms with E-state index in [0.29, 0.717) is 15.6 Å². The summed E-state index contributed by atoms with van der Waals surface area (Å²) in [4.78, 5) is 26.4. The topological polar surface area (TPSA) is 143 Å². The van der Waals surface area contributed by atoms with E-state index in [1.54, 1.807) is 11.3 Å². The molecule has 1 aliphatic carbocycles. The minimum absolute atomic E-state index is 0.00771. The molecule has 1 saturated heterocycles. The van der Waals surface area contributed by atoms with Crippen LogP contribution in [0.2, 0.25) is 0 Å². The number of halogens is 1. The number of likely N-dealkylation sites (tertiary alicyclic amines) is 1. The van der Waals surface area contributed by atoms with Crippen LogP contribution < -0.4 is 16.0 Å². The van der Waals surface area contributed by atoms with Crippen molar-refractivity contribution in [1.29, 1.82) is 0 Å². The van der Waals surface area contributed by atoms with Crippen LogP contribution in [-0.4, -0.2) is 84.6 Å². The van der Waals surface area contributed by atoms with Crippen molar-refractivity contribution >= 4 is 65.1 Å². The van der Waals surface area contributed by atoms with Gasteiger partial charge in [0.2, 0.25) is 5.78 Å². The van der Waals surface area contributed by atoms with Gasteiger partial charge in [-0.2, -0.15) is 13.4 Å². The Morgan fingerprint density at radius 3 is 2.45 bits per heavy atom. The zero-order chi connectivity index (χ0) is 40.4. The molecule has 15 heteroatoms. The maximum absolute atomic E-state index is 13.6. The van der Waals surface area contributed by atoms with Crippen molar-refractivity contribution in [2.75, 3.05) is 52.3 Å². The first-order valence-electron chi connectivity index (χ1n) is 20.3. The summed E-state index contributed by atoms with van der Waals surface area (Å²) in [6.45, 7) is 5.65. The zero-order valence-electron chi connectivity index (χ0n) is 33.1. The smallest absolute Gasteiger partial charge is 0.283 e. The number of ether oxygens (including phenoxy) is 2. The molecule has 0 amide bonds. The molecule has 58 heavy (non-hydrogen) atoms. The molecule has 1 saturated carbocycles. The van der Waals surface area contributed by atoms with Crippen LogP contribution in [0.5, 0.6) is 5.75 Å². The molecule has 6 aromatic rings. The lowest BCUT2D eigenvalue weighted by atomic mass is 9.88. The van der Waals surface area contributed by atoms with Crippen molar-refractivity contribution in [2.24, 2.45) is 5.73 Å².